The van der Waals surface area contributed by atoms with Crippen LogP contribution in [-0.2, 0) is 13.0 Å². The maximum absolute atomic E-state index is 13.2. The van der Waals surface area contributed by atoms with Crippen molar-refractivity contribution >= 4 is 28.5 Å². The second-order valence-electron chi connectivity index (χ2n) is 5.97. The molecule has 0 bridgehead atoms. The van der Waals surface area contributed by atoms with E-state index in [4.69, 9.17) is 10.5 Å². The maximum Gasteiger partial charge on any atom is 0.319 e. The first-order valence-corrected chi connectivity index (χ1v) is 9.40. The van der Waals surface area contributed by atoms with E-state index >= 15 is 0 Å². The number of ether oxygens (including phenoxy) is 1. The van der Waals surface area contributed by atoms with Gasteiger partial charge < -0.3 is 15.8 Å². The van der Waals surface area contributed by atoms with Crippen LogP contribution in [0.4, 0.5) is 14.2 Å². The first-order valence-electron chi connectivity index (χ1n) is 8.63. The van der Waals surface area contributed by atoms with Gasteiger partial charge in [-0.3, -0.25) is 15.1 Å². The van der Waals surface area contributed by atoms with E-state index in [-0.39, 0.29) is 35.4 Å². The van der Waals surface area contributed by atoms with Crippen molar-refractivity contribution in [2.24, 2.45) is 5.73 Å². The van der Waals surface area contributed by atoms with Crippen molar-refractivity contribution in [1.29, 1.82) is 0 Å². The Kier molecular flexibility index (Phi) is 6.69. The number of benzene rings is 1. The Morgan fingerprint density at radius 3 is 2.76 bits per heavy atom. The Morgan fingerprint density at radius 2 is 2.03 bits per heavy atom. The van der Waals surface area contributed by atoms with Gasteiger partial charge in [-0.2, -0.15) is 4.37 Å². The van der Waals surface area contributed by atoms with Crippen LogP contribution in [0.5, 0.6) is 5.88 Å². The van der Waals surface area contributed by atoms with Crippen LogP contribution in [0.3, 0.4) is 0 Å². The first kappa shape index (κ1) is 20.2. The number of pyridine rings is 1. The van der Waals surface area contributed by atoms with E-state index in [2.05, 4.69) is 20.0 Å². The summed E-state index contributed by atoms with van der Waals surface area (Å²) in [4.78, 5) is 27.9. The summed E-state index contributed by atoms with van der Waals surface area (Å²) in [6.45, 7) is 0.432. The molecule has 3 rings (SSSR count). The van der Waals surface area contributed by atoms with Crippen LogP contribution in [0, 0.1) is 5.82 Å². The van der Waals surface area contributed by atoms with Gasteiger partial charge >= 0.3 is 6.03 Å². The number of primary amides is 1. The van der Waals surface area contributed by atoms with Crippen LogP contribution in [-0.4, -0.2) is 27.8 Å². The minimum atomic E-state index is -0.769. The molecule has 150 valence electrons. The van der Waals surface area contributed by atoms with E-state index in [1.807, 2.05) is 6.07 Å². The molecule has 0 aliphatic heterocycles. The number of halogens is 1. The fraction of sp³-hybridized carbons (Fsp3) is 0.158. The van der Waals surface area contributed by atoms with E-state index in [1.165, 1.54) is 12.1 Å². The van der Waals surface area contributed by atoms with Gasteiger partial charge in [0.15, 0.2) is 0 Å². The van der Waals surface area contributed by atoms with Gasteiger partial charge in [0.2, 0.25) is 5.88 Å². The normalized spacial score (nSPS) is 10.4. The molecular formula is C19H18FN5O3S. The van der Waals surface area contributed by atoms with Gasteiger partial charge in [-0.05, 0) is 41.7 Å². The van der Waals surface area contributed by atoms with Crippen molar-refractivity contribution in [2.45, 2.75) is 13.0 Å². The van der Waals surface area contributed by atoms with Gasteiger partial charge in [0.25, 0.3) is 5.91 Å². The summed E-state index contributed by atoms with van der Waals surface area (Å²) in [5.74, 6) is -1.06. The molecule has 10 heteroatoms. The molecule has 29 heavy (non-hydrogen) atoms. The predicted molar refractivity (Wildman–Crippen MR) is 106 cm³/mol. The van der Waals surface area contributed by atoms with Crippen molar-refractivity contribution in [2.75, 3.05) is 11.9 Å². The van der Waals surface area contributed by atoms with Gasteiger partial charge in [0.05, 0.1) is 0 Å². The van der Waals surface area contributed by atoms with Crippen molar-refractivity contribution in [3.05, 3.63) is 71.3 Å². The Bertz CT molecular complexity index is 997. The number of nitrogens with one attached hydrogen (secondary N) is 2. The summed E-state index contributed by atoms with van der Waals surface area (Å²) in [5, 5.41) is 5.37. The van der Waals surface area contributed by atoms with Crippen molar-refractivity contribution in [3.8, 4) is 5.88 Å². The fourth-order valence-electron chi connectivity index (χ4n) is 2.47. The highest BCUT2D eigenvalue weighted by Gasteiger charge is 2.22. The van der Waals surface area contributed by atoms with Gasteiger partial charge in [-0.1, -0.05) is 18.2 Å². The lowest BCUT2D eigenvalue weighted by atomic mass is 10.1. The minimum absolute atomic E-state index is 0.000768. The Balaban J connectivity index is 1.57. The third-order valence-corrected chi connectivity index (χ3v) is 4.57. The summed E-state index contributed by atoms with van der Waals surface area (Å²) >= 11 is 0.887. The third-order valence-electron chi connectivity index (χ3n) is 3.82. The average molecular weight is 415 g/mol. The lowest BCUT2D eigenvalue weighted by molar-refractivity contribution is 0.0996. The van der Waals surface area contributed by atoms with Crippen LogP contribution < -0.4 is 21.1 Å². The molecule has 0 radical (unpaired) electrons. The summed E-state index contributed by atoms with van der Waals surface area (Å²) in [6.07, 6.45) is 3.72. The number of carbonyl (C=O) groups is 2. The second kappa shape index (κ2) is 9.60. The molecule has 0 aliphatic rings. The molecule has 3 amide bonds. The number of hydrogen-bond donors (Lipinski definition) is 3. The van der Waals surface area contributed by atoms with Crippen LogP contribution in [0.25, 0.3) is 0 Å². The third kappa shape index (κ3) is 5.72. The lowest BCUT2D eigenvalue weighted by Gasteiger charge is -2.08. The standard InChI is InChI=1S/C19H18FN5O3S/c20-14-5-1-3-12(9-14)6-8-23-19(27)24-18-15(16(21)26)17(25-29-18)28-11-13-4-2-7-22-10-13/h1-5,7,9-10H,6,8,11H2,(H2,21,26)(H2,23,24,27). The number of hydrogen-bond acceptors (Lipinski definition) is 6. The molecular weight excluding hydrogens is 397 g/mol. The molecule has 0 saturated heterocycles. The maximum atomic E-state index is 13.2. The predicted octanol–water partition coefficient (Wildman–Crippen LogP) is 2.72. The SMILES string of the molecule is NC(=O)c1c(OCc2cccnc2)nsc1NC(=O)NCCc1cccc(F)c1. The van der Waals surface area contributed by atoms with Crippen LogP contribution in [0.15, 0.2) is 48.8 Å². The quantitative estimate of drug-likeness (QED) is 0.523. The Morgan fingerprint density at radius 1 is 1.21 bits per heavy atom. The topological polar surface area (TPSA) is 119 Å². The molecule has 2 heterocycles. The number of urea groups is 1. The van der Waals surface area contributed by atoms with Crippen molar-refractivity contribution < 1.29 is 18.7 Å². The molecule has 0 saturated carbocycles. The number of amides is 3. The Hall–Kier alpha value is -3.53. The number of nitrogens with zero attached hydrogens (tertiary/aromatic N) is 2. The van der Waals surface area contributed by atoms with E-state index in [1.54, 1.807) is 30.6 Å². The number of anilines is 1. The molecule has 1 aromatic carbocycles. The van der Waals surface area contributed by atoms with Crippen molar-refractivity contribution in [1.82, 2.24) is 14.7 Å². The first-order chi connectivity index (χ1) is 14.0. The molecule has 8 nitrogen and oxygen atoms in total. The Labute approximate surface area is 170 Å². The zero-order valence-electron chi connectivity index (χ0n) is 15.2. The molecule has 4 N–H and O–H groups in total. The number of nitrogens with two attached hydrogens (primary N) is 1. The van der Waals surface area contributed by atoms with Gasteiger partial charge in [0.1, 0.15) is 23.0 Å². The largest absolute Gasteiger partial charge is 0.472 e. The average Bonchev–Trinajstić information content (AvgIpc) is 3.10. The smallest absolute Gasteiger partial charge is 0.319 e. The summed E-state index contributed by atoms with van der Waals surface area (Å²) in [6, 6.07) is 9.17. The molecule has 0 aliphatic carbocycles. The van der Waals surface area contributed by atoms with Crippen LogP contribution in [0.1, 0.15) is 21.5 Å². The summed E-state index contributed by atoms with van der Waals surface area (Å²) in [5.41, 5.74) is 6.97. The summed E-state index contributed by atoms with van der Waals surface area (Å²) in [7, 11) is 0. The van der Waals surface area contributed by atoms with E-state index < -0.39 is 11.9 Å². The molecule has 3 aromatic rings. The number of aromatic nitrogens is 2. The fourth-order valence-corrected chi connectivity index (χ4v) is 3.21. The van der Waals surface area contributed by atoms with Gasteiger partial charge in [-0.25, -0.2) is 9.18 Å². The van der Waals surface area contributed by atoms with E-state index in [9.17, 15) is 14.0 Å². The highest BCUT2D eigenvalue weighted by molar-refractivity contribution is 7.11. The highest BCUT2D eigenvalue weighted by Crippen LogP contribution is 2.30. The monoisotopic (exact) mass is 415 g/mol. The van der Waals surface area contributed by atoms with E-state index in [0.717, 1.165) is 22.7 Å². The number of carbonyl (C=O) groups excluding carboxylic acids is 2. The zero-order valence-corrected chi connectivity index (χ0v) is 16.0. The highest BCUT2D eigenvalue weighted by atomic mass is 32.1. The summed E-state index contributed by atoms with van der Waals surface area (Å²) < 4.78 is 22.8. The van der Waals surface area contributed by atoms with Gasteiger partial charge in [0, 0.05) is 24.5 Å². The molecule has 0 unspecified atom stereocenters. The number of rotatable bonds is 8. The molecule has 2 aromatic heterocycles. The molecule has 0 fully saturated rings. The van der Waals surface area contributed by atoms with Crippen LogP contribution >= 0.6 is 11.5 Å². The lowest BCUT2D eigenvalue weighted by Crippen LogP contribution is -2.31. The molecule has 0 spiro atoms. The second-order valence-corrected chi connectivity index (χ2v) is 6.74. The van der Waals surface area contributed by atoms with E-state index in [0.29, 0.717) is 6.42 Å². The van der Waals surface area contributed by atoms with Crippen molar-refractivity contribution in [3.63, 3.8) is 0 Å². The van der Waals surface area contributed by atoms with Gasteiger partial charge in [-0.15, -0.1) is 0 Å². The van der Waals surface area contributed by atoms with Crippen LogP contribution in [0.2, 0.25) is 0 Å². The zero-order chi connectivity index (χ0) is 20.6. The molecule has 0 atom stereocenters. The minimum Gasteiger partial charge on any atom is -0.472 e.